The van der Waals surface area contributed by atoms with Gasteiger partial charge in [-0.1, -0.05) is 20.8 Å². The van der Waals surface area contributed by atoms with E-state index in [0.717, 1.165) is 13.1 Å². The van der Waals surface area contributed by atoms with E-state index in [1.807, 2.05) is 6.92 Å². The van der Waals surface area contributed by atoms with Crippen LogP contribution in [0.5, 0.6) is 11.5 Å². The number of methoxy groups -OCH3 is 1. The molecule has 0 saturated carbocycles. The Morgan fingerprint density at radius 1 is 1.24 bits per heavy atom. The molecule has 2 N–H and O–H groups in total. The van der Waals surface area contributed by atoms with E-state index in [4.69, 9.17) is 9.47 Å². The molecule has 1 aromatic carbocycles. The molecule has 0 heterocycles. The minimum atomic E-state index is -0.110. The van der Waals surface area contributed by atoms with Crippen LogP contribution in [0.3, 0.4) is 0 Å². The molecule has 118 valence electrons. The molecule has 0 radical (unpaired) electrons. The molecule has 0 aliphatic heterocycles. The van der Waals surface area contributed by atoms with Crippen molar-refractivity contribution in [3.8, 4) is 11.5 Å². The van der Waals surface area contributed by atoms with E-state index in [1.54, 1.807) is 25.3 Å². The number of benzene rings is 1. The lowest BCUT2D eigenvalue weighted by molar-refractivity contribution is 0.0953. The minimum Gasteiger partial charge on any atom is -0.493 e. The van der Waals surface area contributed by atoms with Crippen LogP contribution in [0, 0.1) is 5.92 Å². The van der Waals surface area contributed by atoms with Gasteiger partial charge in [0.15, 0.2) is 11.5 Å². The molecule has 0 bridgehead atoms. The average Bonchev–Trinajstić information content (AvgIpc) is 2.49. The van der Waals surface area contributed by atoms with Gasteiger partial charge in [0.2, 0.25) is 0 Å². The molecule has 0 fully saturated rings. The highest BCUT2D eigenvalue weighted by Crippen LogP contribution is 2.28. The van der Waals surface area contributed by atoms with Gasteiger partial charge >= 0.3 is 0 Å². The molecule has 1 rings (SSSR count). The summed E-state index contributed by atoms with van der Waals surface area (Å²) in [5.74, 6) is 1.57. The summed E-state index contributed by atoms with van der Waals surface area (Å²) in [4.78, 5) is 12.0. The molecule has 0 unspecified atom stereocenters. The predicted octanol–water partition coefficient (Wildman–Crippen LogP) is 2.07. The molecule has 0 aromatic heterocycles. The summed E-state index contributed by atoms with van der Waals surface area (Å²) in [6.45, 7) is 9.06. The Morgan fingerprint density at radius 3 is 2.62 bits per heavy atom. The van der Waals surface area contributed by atoms with Crippen molar-refractivity contribution in [2.45, 2.75) is 20.8 Å². The molecule has 0 saturated heterocycles. The number of rotatable bonds is 9. The quantitative estimate of drug-likeness (QED) is 0.685. The average molecular weight is 294 g/mol. The van der Waals surface area contributed by atoms with E-state index in [0.29, 0.717) is 36.1 Å². The number of carbonyl (C=O) groups excluding carboxylic acids is 1. The van der Waals surface area contributed by atoms with Gasteiger partial charge in [-0.3, -0.25) is 4.79 Å². The highest BCUT2D eigenvalue weighted by atomic mass is 16.5. The molecule has 21 heavy (non-hydrogen) atoms. The smallest absolute Gasteiger partial charge is 0.251 e. The van der Waals surface area contributed by atoms with Gasteiger partial charge in [0, 0.05) is 18.7 Å². The Kier molecular flexibility index (Phi) is 7.61. The van der Waals surface area contributed by atoms with Gasteiger partial charge in [0.1, 0.15) is 0 Å². The van der Waals surface area contributed by atoms with Gasteiger partial charge in [0.25, 0.3) is 5.91 Å². The number of amides is 1. The first-order chi connectivity index (χ1) is 10.1. The fourth-order valence-corrected chi connectivity index (χ4v) is 1.73. The summed E-state index contributed by atoms with van der Waals surface area (Å²) >= 11 is 0. The molecular formula is C16H26N2O3. The third-order valence-corrected chi connectivity index (χ3v) is 2.84. The van der Waals surface area contributed by atoms with Crippen molar-refractivity contribution >= 4 is 5.91 Å². The zero-order chi connectivity index (χ0) is 15.7. The number of ether oxygens (including phenoxy) is 2. The molecular weight excluding hydrogens is 268 g/mol. The fourth-order valence-electron chi connectivity index (χ4n) is 1.73. The second-order valence-electron chi connectivity index (χ2n) is 5.18. The van der Waals surface area contributed by atoms with E-state index in [2.05, 4.69) is 24.5 Å². The van der Waals surface area contributed by atoms with Crippen molar-refractivity contribution in [3.05, 3.63) is 23.8 Å². The maximum Gasteiger partial charge on any atom is 0.251 e. The van der Waals surface area contributed by atoms with Crippen molar-refractivity contribution in [1.29, 1.82) is 0 Å². The van der Waals surface area contributed by atoms with E-state index < -0.39 is 0 Å². The van der Waals surface area contributed by atoms with Crippen LogP contribution in [-0.2, 0) is 0 Å². The molecule has 0 aliphatic carbocycles. The molecule has 0 spiro atoms. The Labute approximate surface area is 127 Å². The van der Waals surface area contributed by atoms with Crippen LogP contribution in [-0.4, -0.2) is 39.3 Å². The molecule has 5 heteroatoms. The third kappa shape index (κ3) is 6.04. The van der Waals surface area contributed by atoms with Crippen molar-refractivity contribution in [3.63, 3.8) is 0 Å². The zero-order valence-corrected chi connectivity index (χ0v) is 13.4. The lowest BCUT2D eigenvalue weighted by atomic mass is 10.2. The molecule has 5 nitrogen and oxygen atoms in total. The Hall–Kier alpha value is -1.75. The first-order valence-electron chi connectivity index (χ1n) is 7.38. The maximum absolute atomic E-state index is 12.0. The maximum atomic E-state index is 12.0. The van der Waals surface area contributed by atoms with Crippen LogP contribution in [0.25, 0.3) is 0 Å². The second kappa shape index (κ2) is 9.23. The number of nitrogens with one attached hydrogen (secondary N) is 2. The van der Waals surface area contributed by atoms with Crippen LogP contribution in [0.4, 0.5) is 0 Å². The normalized spacial score (nSPS) is 10.5. The number of likely N-dealkylation sites (N-methyl/N-ethyl adjacent to an activating group) is 1. The van der Waals surface area contributed by atoms with Gasteiger partial charge in [-0.2, -0.15) is 0 Å². The minimum absolute atomic E-state index is 0.110. The van der Waals surface area contributed by atoms with Crippen LogP contribution < -0.4 is 20.1 Å². The molecule has 1 aromatic rings. The molecule has 0 aliphatic rings. The SMILES string of the molecule is CCNCCNC(=O)c1ccc(OCC(C)C)c(OC)c1. The zero-order valence-electron chi connectivity index (χ0n) is 13.4. The highest BCUT2D eigenvalue weighted by molar-refractivity contribution is 5.94. The first-order valence-corrected chi connectivity index (χ1v) is 7.38. The van der Waals surface area contributed by atoms with Gasteiger partial charge in [-0.25, -0.2) is 0 Å². The monoisotopic (exact) mass is 294 g/mol. The van der Waals surface area contributed by atoms with Crippen molar-refractivity contribution in [2.75, 3.05) is 33.4 Å². The summed E-state index contributed by atoms with van der Waals surface area (Å²) in [5.41, 5.74) is 0.570. The number of carbonyl (C=O) groups is 1. The van der Waals surface area contributed by atoms with E-state index in [-0.39, 0.29) is 5.91 Å². The predicted molar refractivity (Wildman–Crippen MR) is 84.2 cm³/mol. The lowest BCUT2D eigenvalue weighted by Crippen LogP contribution is -2.31. The Balaban J connectivity index is 2.65. The highest BCUT2D eigenvalue weighted by Gasteiger charge is 2.11. The topological polar surface area (TPSA) is 59.6 Å². The summed E-state index contributed by atoms with van der Waals surface area (Å²) in [7, 11) is 1.57. The van der Waals surface area contributed by atoms with Crippen molar-refractivity contribution < 1.29 is 14.3 Å². The van der Waals surface area contributed by atoms with Crippen LogP contribution in [0.15, 0.2) is 18.2 Å². The van der Waals surface area contributed by atoms with Crippen LogP contribution in [0.2, 0.25) is 0 Å². The van der Waals surface area contributed by atoms with Crippen LogP contribution >= 0.6 is 0 Å². The fraction of sp³-hybridized carbons (Fsp3) is 0.562. The summed E-state index contributed by atoms with van der Waals surface area (Å²) in [6.07, 6.45) is 0. The van der Waals surface area contributed by atoms with Crippen LogP contribution in [0.1, 0.15) is 31.1 Å². The van der Waals surface area contributed by atoms with E-state index >= 15 is 0 Å². The van der Waals surface area contributed by atoms with Crippen molar-refractivity contribution in [2.24, 2.45) is 5.92 Å². The van der Waals surface area contributed by atoms with Gasteiger partial charge in [0.05, 0.1) is 13.7 Å². The van der Waals surface area contributed by atoms with Gasteiger partial charge in [-0.05, 0) is 30.7 Å². The van der Waals surface area contributed by atoms with E-state index in [1.165, 1.54) is 0 Å². The Morgan fingerprint density at radius 2 is 2.00 bits per heavy atom. The second-order valence-corrected chi connectivity index (χ2v) is 5.18. The van der Waals surface area contributed by atoms with Gasteiger partial charge < -0.3 is 20.1 Å². The molecule has 0 atom stereocenters. The van der Waals surface area contributed by atoms with Gasteiger partial charge in [-0.15, -0.1) is 0 Å². The first kappa shape index (κ1) is 17.3. The standard InChI is InChI=1S/C16H26N2O3/c1-5-17-8-9-18-16(19)13-6-7-14(15(10-13)20-4)21-11-12(2)3/h6-7,10,12,17H,5,8-9,11H2,1-4H3,(H,18,19). The largest absolute Gasteiger partial charge is 0.493 e. The number of hydrogen-bond donors (Lipinski definition) is 2. The molecule has 1 amide bonds. The van der Waals surface area contributed by atoms with E-state index in [9.17, 15) is 4.79 Å². The summed E-state index contributed by atoms with van der Waals surface area (Å²) < 4.78 is 11.0. The lowest BCUT2D eigenvalue weighted by Gasteiger charge is -2.13. The third-order valence-electron chi connectivity index (χ3n) is 2.84. The van der Waals surface area contributed by atoms with Crippen molar-refractivity contribution in [1.82, 2.24) is 10.6 Å². The number of hydrogen-bond acceptors (Lipinski definition) is 4. The Bertz CT molecular complexity index is 447. The summed E-state index contributed by atoms with van der Waals surface area (Å²) in [6, 6.07) is 5.24. The summed E-state index contributed by atoms with van der Waals surface area (Å²) in [5, 5.41) is 6.01.